The molecule has 0 aromatic heterocycles. The summed E-state index contributed by atoms with van der Waals surface area (Å²) in [6.07, 6.45) is -1.71. The third kappa shape index (κ3) is 2.68. The minimum Gasteiger partial charge on any atom is -0.462 e. The second kappa shape index (κ2) is 5.54. The van der Waals surface area contributed by atoms with E-state index in [0.29, 0.717) is 12.8 Å². The summed E-state index contributed by atoms with van der Waals surface area (Å²) in [6, 6.07) is 4.09. The fourth-order valence-electron chi connectivity index (χ4n) is 3.38. The average Bonchev–Trinajstić information content (AvgIpc) is 2.99. The molecular weight excluding hydrogens is 311 g/mol. The molecule has 0 atom stereocenters. The highest BCUT2D eigenvalue weighted by Crippen LogP contribution is 2.39. The lowest BCUT2D eigenvalue weighted by Gasteiger charge is -2.42. The van der Waals surface area contributed by atoms with Crippen LogP contribution >= 0.6 is 0 Å². The summed E-state index contributed by atoms with van der Waals surface area (Å²) in [4.78, 5) is 26.4. The molecule has 0 radical (unpaired) electrons. The SMILES string of the molecule is O=C(c1ccc(C(F)(F)F)cc1)N1CCOC(=O)C12CCCC2. The van der Waals surface area contributed by atoms with E-state index in [0.717, 1.165) is 37.1 Å². The van der Waals surface area contributed by atoms with Gasteiger partial charge in [0.25, 0.3) is 5.91 Å². The summed E-state index contributed by atoms with van der Waals surface area (Å²) in [5.74, 6) is -0.821. The fraction of sp³-hybridized carbons (Fsp3) is 0.500. The molecule has 23 heavy (non-hydrogen) atoms. The average molecular weight is 327 g/mol. The first-order chi connectivity index (χ1) is 10.8. The number of ether oxygens (including phenoxy) is 1. The molecular formula is C16H16F3NO3. The van der Waals surface area contributed by atoms with Crippen molar-refractivity contribution >= 4 is 11.9 Å². The number of esters is 1. The highest BCUT2D eigenvalue weighted by molar-refractivity contribution is 5.98. The normalized spacial score (nSPS) is 20.7. The maximum Gasteiger partial charge on any atom is 0.416 e. The van der Waals surface area contributed by atoms with Crippen molar-refractivity contribution in [1.29, 1.82) is 0 Å². The van der Waals surface area contributed by atoms with Gasteiger partial charge in [-0.15, -0.1) is 0 Å². The van der Waals surface area contributed by atoms with Gasteiger partial charge in [0.05, 0.1) is 12.1 Å². The van der Waals surface area contributed by atoms with Crippen LogP contribution in [0.4, 0.5) is 13.2 Å². The lowest BCUT2D eigenvalue weighted by molar-refractivity contribution is -0.164. The van der Waals surface area contributed by atoms with Gasteiger partial charge in [-0.25, -0.2) is 4.79 Å². The predicted molar refractivity (Wildman–Crippen MR) is 74.6 cm³/mol. The quantitative estimate of drug-likeness (QED) is 0.745. The highest BCUT2D eigenvalue weighted by atomic mass is 19.4. The number of cyclic esters (lactones) is 1. The Morgan fingerprint density at radius 3 is 2.30 bits per heavy atom. The van der Waals surface area contributed by atoms with E-state index < -0.39 is 29.2 Å². The van der Waals surface area contributed by atoms with Gasteiger partial charge in [0.15, 0.2) is 0 Å². The Bertz CT molecular complexity index is 618. The molecule has 1 aliphatic heterocycles. The number of carbonyl (C=O) groups is 2. The maximum absolute atomic E-state index is 12.7. The number of rotatable bonds is 1. The van der Waals surface area contributed by atoms with Crippen molar-refractivity contribution in [2.45, 2.75) is 37.4 Å². The summed E-state index contributed by atoms with van der Waals surface area (Å²) in [7, 11) is 0. The molecule has 1 amide bonds. The number of hydrogen-bond donors (Lipinski definition) is 0. The zero-order valence-electron chi connectivity index (χ0n) is 12.4. The number of halogens is 3. The van der Waals surface area contributed by atoms with Gasteiger partial charge >= 0.3 is 12.1 Å². The Morgan fingerprint density at radius 2 is 1.74 bits per heavy atom. The van der Waals surface area contributed by atoms with Crippen molar-refractivity contribution in [2.24, 2.45) is 0 Å². The van der Waals surface area contributed by atoms with Crippen LogP contribution in [-0.4, -0.2) is 35.5 Å². The molecule has 2 fully saturated rings. The van der Waals surface area contributed by atoms with Crippen LogP contribution in [0, 0.1) is 0 Å². The van der Waals surface area contributed by atoms with E-state index in [2.05, 4.69) is 0 Å². The van der Waals surface area contributed by atoms with Crippen LogP contribution in [0.15, 0.2) is 24.3 Å². The first-order valence-corrected chi connectivity index (χ1v) is 7.51. The molecule has 1 saturated carbocycles. The summed E-state index contributed by atoms with van der Waals surface area (Å²) < 4.78 is 42.9. The lowest BCUT2D eigenvalue weighted by atomic mass is 9.92. The molecule has 7 heteroatoms. The molecule has 124 valence electrons. The molecule has 1 heterocycles. The van der Waals surface area contributed by atoms with Crippen LogP contribution in [-0.2, 0) is 15.7 Å². The molecule has 1 aromatic carbocycles. The van der Waals surface area contributed by atoms with Gasteiger partial charge in [-0.1, -0.05) is 12.8 Å². The van der Waals surface area contributed by atoms with Crippen molar-refractivity contribution in [3.05, 3.63) is 35.4 Å². The molecule has 0 bridgehead atoms. The van der Waals surface area contributed by atoms with Crippen LogP contribution in [0.3, 0.4) is 0 Å². The van der Waals surface area contributed by atoms with E-state index in [4.69, 9.17) is 4.74 Å². The predicted octanol–water partition coefficient (Wildman–Crippen LogP) is 3.02. The van der Waals surface area contributed by atoms with Gasteiger partial charge in [0.1, 0.15) is 12.1 Å². The first-order valence-electron chi connectivity index (χ1n) is 7.51. The third-order valence-corrected chi connectivity index (χ3v) is 4.58. The fourth-order valence-corrected chi connectivity index (χ4v) is 3.38. The van der Waals surface area contributed by atoms with Crippen molar-refractivity contribution in [2.75, 3.05) is 13.2 Å². The van der Waals surface area contributed by atoms with Crippen LogP contribution < -0.4 is 0 Å². The van der Waals surface area contributed by atoms with Gasteiger partial charge in [-0.3, -0.25) is 4.79 Å². The molecule has 1 saturated heterocycles. The van der Waals surface area contributed by atoms with E-state index in [1.54, 1.807) is 0 Å². The Kier molecular flexibility index (Phi) is 3.82. The Labute approximate surface area is 131 Å². The Morgan fingerprint density at radius 1 is 1.13 bits per heavy atom. The minimum absolute atomic E-state index is 0.118. The number of nitrogens with zero attached hydrogens (tertiary/aromatic N) is 1. The van der Waals surface area contributed by atoms with E-state index in [1.165, 1.54) is 4.90 Å². The number of hydrogen-bond acceptors (Lipinski definition) is 3. The van der Waals surface area contributed by atoms with Crippen LogP contribution in [0.5, 0.6) is 0 Å². The molecule has 1 aromatic rings. The third-order valence-electron chi connectivity index (χ3n) is 4.58. The second-order valence-electron chi connectivity index (χ2n) is 5.91. The minimum atomic E-state index is -4.44. The van der Waals surface area contributed by atoms with Gasteiger partial charge in [-0.2, -0.15) is 13.2 Å². The highest BCUT2D eigenvalue weighted by Gasteiger charge is 2.51. The summed E-state index contributed by atoms with van der Waals surface area (Å²) >= 11 is 0. The van der Waals surface area contributed by atoms with Gasteiger partial charge in [0, 0.05) is 5.56 Å². The van der Waals surface area contributed by atoms with E-state index in [1.807, 2.05) is 0 Å². The van der Waals surface area contributed by atoms with Gasteiger partial charge in [-0.05, 0) is 37.1 Å². The monoisotopic (exact) mass is 327 g/mol. The van der Waals surface area contributed by atoms with Crippen molar-refractivity contribution < 1.29 is 27.5 Å². The van der Waals surface area contributed by atoms with Crippen molar-refractivity contribution in [3.63, 3.8) is 0 Å². The van der Waals surface area contributed by atoms with Crippen LogP contribution in [0.25, 0.3) is 0 Å². The smallest absolute Gasteiger partial charge is 0.416 e. The lowest BCUT2D eigenvalue weighted by Crippen LogP contribution is -2.60. The molecule has 0 N–H and O–H groups in total. The van der Waals surface area contributed by atoms with E-state index in [9.17, 15) is 22.8 Å². The first kappa shape index (κ1) is 15.8. The van der Waals surface area contributed by atoms with E-state index in [-0.39, 0.29) is 18.7 Å². The molecule has 2 aliphatic rings. The zero-order valence-corrected chi connectivity index (χ0v) is 12.4. The molecule has 1 aliphatic carbocycles. The van der Waals surface area contributed by atoms with Crippen molar-refractivity contribution in [1.82, 2.24) is 4.90 Å². The van der Waals surface area contributed by atoms with Crippen LogP contribution in [0.2, 0.25) is 0 Å². The van der Waals surface area contributed by atoms with Crippen molar-refractivity contribution in [3.8, 4) is 0 Å². The number of carbonyl (C=O) groups excluding carboxylic acids is 2. The summed E-state index contributed by atoms with van der Waals surface area (Å²) in [5.41, 5.74) is -1.60. The number of alkyl halides is 3. The molecule has 1 spiro atoms. The van der Waals surface area contributed by atoms with Crippen LogP contribution in [0.1, 0.15) is 41.6 Å². The Balaban J connectivity index is 1.88. The topological polar surface area (TPSA) is 46.6 Å². The number of morpholine rings is 1. The molecule has 4 nitrogen and oxygen atoms in total. The van der Waals surface area contributed by atoms with E-state index >= 15 is 0 Å². The largest absolute Gasteiger partial charge is 0.462 e. The standard InChI is InChI=1S/C16H16F3NO3/c17-16(18,19)12-5-3-11(4-6-12)13(21)20-9-10-23-14(22)15(20)7-1-2-8-15/h3-6H,1-2,7-10H2. The molecule has 0 unspecified atom stereocenters. The maximum atomic E-state index is 12.7. The number of benzene rings is 1. The summed E-state index contributed by atoms with van der Waals surface area (Å²) in [6.45, 7) is 0.387. The van der Waals surface area contributed by atoms with Gasteiger partial charge in [0.2, 0.25) is 0 Å². The zero-order chi connectivity index (χ0) is 16.7. The number of amides is 1. The second-order valence-corrected chi connectivity index (χ2v) is 5.91. The van der Waals surface area contributed by atoms with Gasteiger partial charge < -0.3 is 9.64 Å². The molecule has 3 rings (SSSR count). The Hall–Kier alpha value is -2.05. The summed E-state index contributed by atoms with van der Waals surface area (Å²) in [5, 5.41) is 0.